The molecule has 4 rings (SSSR count). The number of ketones is 1. The maximum absolute atomic E-state index is 13.3. The number of rotatable bonds is 3. The Morgan fingerprint density at radius 2 is 2.14 bits per heavy atom. The first-order valence-electron chi connectivity index (χ1n) is 8.52. The average molecular weight is 300 g/mol. The van der Waals surface area contributed by atoms with Gasteiger partial charge in [0.1, 0.15) is 5.75 Å². The molecule has 2 fully saturated rings. The molecule has 1 aromatic rings. The van der Waals surface area contributed by atoms with Crippen molar-refractivity contribution in [1.29, 1.82) is 0 Å². The Labute approximate surface area is 132 Å². The molecule has 22 heavy (non-hydrogen) atoms. The number of methoxy groups -OCH3 is 1. The summed E-state index contributed by atoms with van der Waals surface area (Å²) in [5, 5.41) is 0. The van der Waals surface area contributed by atoms with Gasteiger partial charge in [-0.3, -0.25) is 4.79 Å². The third-order valence-electron chi connectivity index (χ3n) is 6.42. The predicted octanol–water partition coefficient (Wildman–Crippen LogP) is 2.71. The first kappa shape index (κ1) is 14.3. The van der Waals surface area contributed by atoms with Gasteiger partial charge < -0.3 is 9.22 Å². The second kappa shape index (κ2) is 4.58. The quantitative estimate of drug-likeness (QED) is 0.802. The fraction of sp³-hybridized carbons (Fsp3) is 0.632. The van der Waals surface area contributed by atoms with E-state index in [1.54, 1.807) is 7.11 Å². The number of nitrogens with zero attached hydrogens (tertiary/aromatic N) is 1. The third kappa shape index (κ3) is 1.95. The summed E-state index contributed by atoms with van der Waals surface area (Å²) in [5.41, 5.74) is 2.26. The molecule has 3 nitrogen and oxygen atoms in total. The zero-order valence-electron chi connectivity index (χ0n) is 13.9. The van der Waals surface area contributed by atoms with E-state index in [0.29, 0.717) is 5.78 Å². The lowest BCUT2D eigenvalue weighted by Crippen LogP contribution is -2.68. The number of quaternary nitrogens is 1. The van der Waals surface area contributed by atoms with Crippen LogP contribution >= 0.6 is 0 Å². The van der Waals surface area contributed by atoms with Crippen LogP contribution in [0.15, 0.2) is 18.2 Å². The van der Waals surface area contributed by atoms with Gasteiger partial charge in [-0.15, -0.1) is 0 Å². The lowest BCUT2D eigenvalue weighted by Gasteiger charge is -2.52. The van der Waals surface area contributed by atoms with Gasteiger partial charge in [0.25, 0.3) is 0 Å². The number of likely N-dealkylation sites (tertiary alicyclic amines) is 1. The van der Waals surface area contributed by atoms with Crippen molar-refractivity contribution >= 4 is 5.78 Å². The summed E-state index contributed by atoms with van der Waals surface area (Å²) < 4.78 is 6.35. The molecule has 3 unspecified atom stereocenters. The predicted molar refractivity (Wildman–Crippen MR) is 86.1 cm³/mol. The van der Waals surface area contributed by atoms with Crippen molar-refractivity contribution in [2.75, 3.05) is 27.2 Å². The molecule has 0 radical (unpaired) electrons. The molecule has 1 saturated heterocycles. The standard InChI is InChI=1S/C19H26NO2/c1-19-8-9-20(2,12-13-4-5-13)17(18(19)21)10-14-6-7-15(22-3)11-16(14)19/h6-7,11,13,17H,4-5,8-10,12H2,1-3H3/q+1. The smallest absolute Gasteiger partial charge is 0.200 e. The van der Waals surface area contributed by atoms with E-state index in [9.17, 15) is 4.79 Å². The van der Waals surface area contributed by atoms with Crippen LogP contribution in [0.2, 0.25) is 0 Å². The van der Waals surface area contributed by atoms with Gasteiger partial charge in [0.05, 0.1) is 32.7 Å². The van der Waals surface area contributed by atoms with Crippen LogP contribution < -0.4 is 4.74 Å². The molecular formula is C19H26NO2+. The maximum atomic E-state index is 13.3. The van der Waals surface area contributed by atoms with Gasteiger partial charge in [-0.25, -0.2) is 0 Å². The molecule has 0 spiro atoms. The average Bonchev–Trinajstić information content (AvgIpc) is 3.31. The summed E-state index contributed by atoms with van der Waals surface area (Å²) in [4.78, 5) is 13.3. The van der Waals surface area contributed by atoms with E-state index in [4.69, 9.17) is 4.74 Å². The van der Waals surface area contributed by atoms with Gasteiger partial charge in [0, 0.05) is 18.8 Å². The van der Waals surface area contributed by atoms with Crippen LogP contribution in [0.1, 0.15) is 37.3 Å². The number of carbonyl (C=O) groups excluding carboxylic acids is 1. The molecule has 1 aliphatic heterocycles. The Kier molecular flexibility index (Phi) is 2.96. The largest absolute Gasteiger partial charge is 0.497 e. The van der Waals surface area contributed by atoms with Crippen molar-refractivity contribution in [1.82, 2.24) is 0 Å². The summed E-state index contributed by atoms with van der Waals surface area (Å²) in [6.45, 7) is 4.47. The van der Waals surface area contributed by atoms with Gasteiger partial charge in [0.2, 0.25) is 5.78 Å². The van der Waals surface area contributed by atoms with E-state index in [-0.39, 0.29) is 11.5 Å². The molecule has 1 aromatic carbocycles. The molecule has 0 aromatic heterocycles. The number of likely N-dealkylation sites (N-methyl/N-ethyl adjacent to an activating group) is 1. The van der Waals surface area contributed by atoms with Crippen molar-refractivity contribution in [3.63, 3.8) is 0 Å². The number of piperidine rings is 1. The zero-order valence-corrected chi connectivity index (χ0v) is 13.9. The molecule has 1 heterocycles. The van der Waals surface area contributed by atoms with Crippen LogP contribution in [0.3, 0.4) is 0 Å². The maximum Gasteiger partial charge on any atom is 0.200 e. The van der Waals surface area contributed by atoms with E-state index >= 15 is 0 Å². The molecule has 0 N–H and O–H groups in total. The second-order valence-corrected chi connectivity index (χ2v) is 8.02. The van der Waals surface area contributed by atoms with Gasteiger partial charge >= 0.3 is 0 Å². The highest BCUT2D eigenvalue weighted by atomic mass is 16.5. The highest BCUT2D eigenvalue weighted by Crippen LogP contribution is 2.47. The molecule has 2 bridgehead atoms. The van der Waals surface area contributed by atoms with E-state index in [0.717, 1.165) is 35.5 Å². The van der Waals surface area contributed by atoms with Crippen molar-refractivity contribution in [3.8, 4) is 5.75 Å². The molecule has 3 aliphatic rings. The van der Waals surface area contributed by atoms with Crippen LogP contribution in [-0.4, -0.2) is 43.6 Å². The van der Waals surface area contributed by atoms with E-state index in [1.165, 1.54) is 30.5 Å². The normalized spacial score (nSPS) is 36.9. The van der Waals surface area contributed by atoms with Crippen LogP contribution in [-0.2, 0) is 16.6 Å². The fourth-order valence-electron chi connectivity index (χ4n) is 4.68. The summed E-state index contributed by atoms with van der Waals surface area (Å²) in [6, 6.07) is 6.47. The summed E-state index contributed by atoms with van der Waals surface area (Å²) >= 11 is 0. The summed E-state index contributed by atoms with van der Waals surface area (Å²) in [6.07, 6.45) is 4.59. The minimum Gasteiger partial charge on any atom is -0.497 e. The molecule has 118 valence electrons. The molecule has 0 amide bonds. The second-order valence-electron chi connectivity index (χ2n) is 8.02. The van der Waals surface area contributed by atoms with Gasteiger partial charge in [-0.1, -0.05) is 6.07 Å². The van der Waals surface area contributed by atoms with E-state index in [1.807, 2.05) is 6.07 Å². The van der Waals surface area contributed by atoms with Crippen molar-refractivity contribution in [2.45, 2.75) is 44.1 Å². The Morgan fingerprint density at radius 1 is 1.36 bits per heavy atom. The van der Waals surface area contributed by atoms with Crippen LogP contribution in [0, 0.1) is 5.92 Å². The van der Waals surface area contributed by atoms with Crippen LogP contribution in [0.5, 0.6) is 5.75 Å². The number of hydrogen-bond donors (Lipinski definition) is 0. The van der Waals surface area contributed by atoms with Crippen molar-refractivity contribution in [3.05, 3.63) is 29.3 Å². The summed E-state index contributed by atoms with van der Waals surface area (Å²) in [7, 11) is 4.01. The minimum absolute atomic E-state index is 0.153. The Morgan fingerprint density at radius 3 is 2.82 bits per heavy atom. The van der Waals surface area contributed by atoms with Gasteiger partial charge in [-0.05, 0) is 43.0 Å². The van der Waals surface area contributed by atoms with Gasteiger partial charge in [0.15, 0.2) is 6.04 Å². The lowest BCUT2D eigenvalue weighted by atomic mass is 9.63. The number of benzene rings is 1. The first-order valence-corrected chi connectivity index (χ1v) is 8.52. The number of hydrogen-bond acceptors (Lipinski definition) is 2. The Hall–Kier alpha value is -1.35. The molecular weight excluding hydrogens is 274 g/mol. The number of Topliss-reactive ketones (excluding diaryl/α,β-unsaturated/α-hetero) is 1. The van der Waals surface area contributed by atoms with E-state index < -0.39 is 0 Å². The minimum atomic E-state index is -0.311. The molecule has 2 aliphatic carbocycles. The Bertz CT molecular complexity index is 636. The number of fused-ring (bicyclic) bond motifs is 4. The van der Waals surface area contributed by atoms with Crippen molar-refractivity contribution < 1.29 is 14.0 Å². The van der Waals surface area contributed by atoms with Gasteiger partial charge in [-0.2, -0.15) is 0 Å². The first-order chi connectivity index (χ1) is 10.5. The number of ether oxygens (including phenoxy) is 1. The zero-order chi connectivity index (χ0) is 15.5. The Balaban J connectivity index is 1.76. The highest BCUT2D eigenvalue weighted by molar-refractivity contribution is 5.96. The highest BCUT2D eigenvalue weighted by Gasteiger charge is 2.57. The molecule has 3 atom stereocenters. The van der Waals surface area contributed by atoms with Crippen molar-refractivity contribution in [2.24, 2.45) is 5.92 Å². The van der Waals surface area contributed by atoms with E-state index in [2.05, 4.69) is 26.1 Å². The monoisotopic (exact) mass is 300 g/mol. The third-order valence-corrected chi connectivity index (χ3v) is 6.42. The molecule has 1 saturated carbocycles. The summed E-state index contributed by atoms with van der Waals surface area (Å²) in [5.74, 6) is 2.19. The van der Waals surface area contributed by atoms with Crippen LogP contribution in [0.25, 0.3) is 0 Å². The number of carbonyl (C=O) groups is 1. The topological polar surface area (TPSA) is 26.3 Å². The fourth-order valence-corrected chi connectivity index (χ4v) is 4.68. The molecule has 3 heteroatoms. The SMILES string of the molecule is COc1ccc2c(c1)C1(C)CC[N+](C)(CC3CC3)C(C2)C1=O. The van der Waals surface area contributed by atoms with Crippen LogP contribution in [0.4, 0.5) is 0 Å². The lowest BCUT2D eigenvalue weighted by molar-refractivity contribution is -0.930.